The van der Waals surface area contributed by atoms with Crippen molar-refractivity contribution >= 4 is 8.58 Å². The summed E-state index contributed by atoms with van der Waals surface area (Å²) in [5.74, 6) is 0. The van der Waals surface area contributed by atoms with Crippen LogP contribution in [-0.4, -0.2) is 12.3 Å². The molecule has 1 heteroatoms. The van der Waals surface area contributed by atoms with Gasteiger partial charge in [-0.25, -0.2) is 0 Å². The van der Waals surface area contributed by atoms with Crippen LogP contribution in [-0.2, 0) is 0 Å². The maximum absolute atomic E-state index is 2.30. The minimum absolute atomic E-state index is 1.37. The standard InChI is InChI=1S/C22H46P/c1-3-5-7-9-11-13-15-17-19-21-23-22-20-18-16-14-12-10-8-6-4-2/h3-22H2,1-2H3. The van der Waals surface area contributed by atoms with Crippen LogP contribution in [0.5, 0.6) is 0 Å². The summed E-state index contributed by atoms with van der Waals surface area (Å²) in [6, 6.07) is 0. The molecule has 23 heavy (non-hydrogen) atoms. The van der Waals surface area contributed by atoms with Crippen molar-refractivity contribution in [3.8, 4) is 0 Å². The Morgan fingerprint density at radius 1 is 0.348 bits per heavy atom. The lowest BCUT2D eigenvalue weighted by atomic mass is 10.1. The van der Waals surface area contributed by atoms with Crippen molar-refractivity contribution in [2.24, 2.45) is 0 Å². The largest absolute Gasteiger partial charge is 0.0810 e. The number of hydrogen-bond acceptors (Lipinski definition) is 0. The van der Waals surface area contributed by atoms with Crippen LogP contribution in [0.1, 0.15) is 129 Å². The van der Waals surface area contributed by atoms with E-state index in [1.807, 2.05) is 0 Å². The molecule has 0 spiro atoms. The van der Waals surface area contributed by atoms with Crippen LogP contribution in [0, 0.1) is 0 Å². The first-order valence-electron chi connectivity index (χ1n) is 11.0. The molecule has 139 valence electrons. The summed E-state index contributed by atoms with van der Waals surface area (Å²) in [5, 5.41) is 0. The van der Waals surface area contributed by atoms with Gasteiger partial charge in [-0.3, -0.25) is 0 Å². The van der Waals surface area contributed by atoms with E-state index in [0.717, 1.165) is 0 Å². The van der Waals surface area contributed by atoms with E-state index in [1.165, 1.54) is 128 Å². The van der Waals surface area contributed by atoms with Crippen molar-refractivity contribution in [1.82, 2.24) is 0 Å². The van der Waals surface area contributed by atoms with Gasteiger partial charge in [0.2, 0.25) is 0 Å². The molecular weight excluding hydrogens is 295 g/mol. The van der Waals surface area contributed by atoms with Gasteiger partial charge in [-0.15, -0.1) is 0 Å². The van der Waals surface area contributed by atoms with E-state index < -0.39 is 0 Å². The SMILES string of the molecule is CCCCCCCCCCC[P]CCCCCCCCCCC. The van der Waals surface area contributed by atoms with E-state index in [1.54, 1.807) is 8.58 Å². The van der Waals surface area contributed by atoms with Crippen LogP contribution < -0.4 is 0 Å². The maximum atomic E-state index is 2.30. The van der Waals surface area contributed by atoms with Crippen molar-refractivity contribution in [2.45, 2.75) is 129 Å². The van der Waals surface area contributed by atoms with Gasteiger partial charge >= 0.3 is 0 Å². The molecular formula is C22H46P. The molecule has 0 N–H and O–H groups in total. The van der Waals surface area contributed by atoms with E-state index in [0.29, 0.717) is 0 Å². The Morgan fingerprint density at radius 3 is 0.913 bits per heavy atom. The molecule has 0 aromatic heterocycles. The van der Waals surface area contributed by atoms with Gasteiger partial charge in [0, 0.05) is 0 Å². The maximum Gasteiger partial charge on any atom is -0.0287 e. The van der Waals surface area contributed by atoms with Gasteiger partial charge in [0.1, 0.15) is 0 Å². The van der Waals surface area contributed by atoms with E-state index >= 15 is 0 Å². The predicted molar refractivity (Wildman–Crippen MR) is 111 cm³/mol. The highest BCUT2D eigenvalue weighted by molar-refractivity contribution is 7.37. The fraction of sp³-hybridized carbons (Fsp3) is 1.00. The van der Waals surface area contributed by atoms with Gasteiger partial charge in [0.15, 0.2) is 0 Å². The van der Waals surface area contributed by atoms with Crippen molar-refractivity contribution in [2.75, 3.05) is 12.3 Å². The Morgan fingerprint density at radius 2 is 0.609 bits per heavy atom. The van der Waals surface area contributed by atoms with Crippen LogP contribution in [0.3, 0.4) is 0 Å². The molecule has 0 rings (SSSR count). The number of unbranched alkanes of at least 4 members (excludes halogenated alkanes) is 16. The van der Waals surface area contributed by atoms with Gasteiger partial charge in [-0.05, 0) is 25.2 Å². The third-order valence-corrected chi connectivity index (χ3v) is 6.10. The van der Waals surface area contributed by atoms with Gasteiger partial charge in [-0.1, -0.05) is 125 Å². The Bertz CT molecular complexity index is 170. The molecule has 0 saturated heterocycles. The number of hydrogen-bond donors (Lipinski definition) is 0. The van der Waals surface area contributed by atoms with E-state index in [4.69, 9.17) is 0 Å². The second kappa shape index (κ2) is 22.4. The fourth-order valence-electron chi connectivity index (χ4n) is 3.18. The molecule has 0 nitrogen and oxygen atoms in total. The average molecular weight is 342 g/mol. The molecule has 1 radical (unpaired) electrons. The summed E-state index contributed by atoms with van der Waals surface area (Å²) in [7, 11) is 1.73. The van der Waals surface area contributed by atoms with E-state index in [2.05, 4.69) is 13.8 Å². The lowest BCUT2D eigenvalue weighted by Gasteiger charge is -2.03. The van der Waals surface area contributed by atoms with Crippen LogP contribution >= 0.6 is 8.58 Å². The molecule has 0 aliphatic rings. The first-order chi connectivity index (χ1) is 11.4. The fourth-order valence-corrected chi connectivity index (χ4v) is 4.30. The van der Waals surface area contributed by atoms with Crippen LogP contribution in [0.2, 0.25) is 0 Å². The van der Waals surface area contributed by atoms with Crippen molar-refractivity contribution in [3.05, 3.63) is 0 Å². The van der Waals surface area contributed by atoms with Crippen LogP contribution in [0.25, 0.3) is 0 Å². The molecule has 0 unspecified atom stereocenters. The molecule has 0 aliphatic carbocycles. The minimum Gasteiger partial charge on any atom is -0.0810 e. The van der Waals surface area contributed by atoms with Gasteiger partial charge < -0.3 is 0 Å². The third kappa shape index (κ3) is 22.4. The summed E-state index contributed by atoms with van der Waals surface area (Å²) in [4.78, 5) is 0. The smallest absolute Gasteiger partial charge is 0.0287 e. The van der Waals surface area contributed by atoms with Crippen LogP contribution in [0.4, 0.5) is 0 Å². The summed E-state index contributed by atoms with van der Waals surface area (Å²) in [6.07, 6.45) is 29.3. The Kier molecular flexibility index (Phi) is 22.8. The first-order valence-corrected chi connectivity index (χ1v) is 12.3. The molecule has 0 heterocycles. The normalized spacial score (nSPS) is 11.2. The number of rotatable bonds is 20. The Hall–Kier alpha value is 0.430. The van der Waals surface area contributed by atoms with Crippen LogP contribution in [0.15, 0.2) is 0 Å². The second-order valence-electron chi connectivity index (χ2n) is 7.33. The summed E-state index contributed by atoms with van der Waals surface area (Å²) in [5.41, 5.74) is 0. The lowest BCUT2D eigenvalue weighted by Crippen LogP contribution is -1.85. The molecule has 0 aromatic carbocycles. The van der Waals surface area contributed by atoms with E-state index in [-0.39, 0.29) is 0 Å². The lowest BCUT2D eigenvalue weighted by molar-refractivity contribution is 0.571. The molecule has 0 bridgehead atoms. The first kappa shape index (κ1) is 23.4. The summed E-state index contributed by atoms with van der Waals surface area (Å²) in [6.45, 7) is 4.60. The van der Waals surface area contributed by atoms with Gasteiger partial charge in [0.25, 0.3) is 0 Å². The zero-order valence-electron chi connectivity index (χ0n) is 16.6. The Labute approximate surface area is 150 Å². The van der Waals surface area contributed by atoms with Gasteiger partial charge in [-0.2, -0.15) is 0 Å². The summed E-state index contributed by atoms with van der Waals surface area (Å²) >= 11 is 0. The molecule has 0 aliphatic heterocycles. The highest BCUT2D eigenvalue weighted by Crippen LogP contribution is 2.18. The Balaban J connectivity index is 2.92. The van der Waals surface area contributed by atoms with E-state index in [9.17, 15) is 0 Å². The predicted octanol–water partition coefficient (Wildman–Crippen LogP) is 8.99. The van der Waals surface area contributed by atoms with Gasteiger partial charge in [0.05, 0.1) is 0 Å². The molecule has 0 amide bonds. The molecule has 0 saturated carbocycles. The van der Waals surface area contributed by atoms with Crippen molar-refractivity contribution in [3.63, 3.8) is 0 Å². The zero-order valence-corrected chi connectivity index (χ0v) is 17.5. The monoisotopic (exact) mass is 341 g/mol. The second-order valence-corrected chi connectivity index (χ2v) is 8.67. The molecule has 0 atom stereocenters. The highest BCUT2D eigenvalue weighted by atomic mass is 31.1. The highest BCUT2D eigenvalue weighted by Gasteiger charge is 1.95. The quantitative estimate of drug-likeness (QED) is 0.153. The van der Waals surface area contributed by atoms with Crippen molar-refractivity contribution in [1.29, 1.82) is 0 Å². The zero-order chi connectivity index (χ0) is 16.8. The van der Waals surface area contributed by atoms with Crippen molar-refractivity contribution < 1.29 is 0 Å². The molecule has 0 fully saturated rings. The molecule has 0 aromatic rings. The average Bonchev–Trinajstić information content (AvgIpc) is 2.57. The third-order valence-electron chi connectivity index (χ3n) is 4.84. The minimum atomic E-state index is 1.37. The summed E-state index contributed by atoms with van der Waals surface area (Å²) < 4.78 is 0. The topological polar surface area (TPSA) is 0 Å².